The van der Waals surface area contributed by atoms with Gasteiger partial charge in [0.25, 0.3) is 17.7 Å². The van der Waals surface area contributed by atoms with E-state index in [2.05, 4.69) is 38.2 Å². The minimum Gasteiger partial charge on any atom is -0.321 e. The van der Waals surface area contributed by atoms with E-state index in [0.717, 1.165) is 47.6 Å². The van der Waals surface area contributed by atoms with E-state index in [1.54, 1.807) is 30.3 Å². The Balaban J connectivity index is 1.55. The van der Waals surface area contributed by atoms with Gasteiger partial charge in [-0.3, -0.25) is 19.3 Å². The van der Waals surface area contributed by atoms with Crippen molar-refractivity contribution in [1.29, 1.82) is 0 Å². The van der Waals surface area contributed by atoms with Gasteiger partial charge in [-0.05, 0) is 56.7 Å². The van der Waals surface area contributed by atoms with E-state index in [0.29, 0.717) is 20.5 Å². The van der Waals surface area contributed by atoms with Gasteiger partial charge in [0.2, 0.25) is 0 Å². The molecule has 0 atom stereocenters. The zero-order chi connectivity index (χ0) is 25.2. The predicted octanol–water partition coefficient (Wildman–Crippen LogP) is 5.83. The average Bonchev–Trinajstić information content (AvgIpc) is 3.40. The maximum Gasteiger partial charge on any atom is 0.265 e. The van der Waals surface area contributed by atoms with Crippen LogP contribution in [0.3, 0.4) is 0 Å². The van der Waals surface area contributed by atoms with Crippen molar-refractivity contribution < 1.29 is 18.9 Å². The molecular weight excluding hydrogens is 482 g/mol. The van der Waals surface area contributed by atoms with Gasteiger partial charge in [0, 0.05) is 5.56 Å². The lowest BCUT2D eigenvalue weighted by Crippen LogP contribution is -2.46. The molecule has 0 spiro atoms. The maximum atomic E-state index is 13.3. The Morgan fingerprint density at radius 2 is 1.63 bits per heavy atom. The number of fused-ring (bicyclic) bond motifs is 1. The van der Waals surface area contributed by atoms with Gasteiger partial charge in [-0.25, -0.2) is 0 Å². The minimum absolute atomic E-state index is 0.179. The highest BCUT2D eigenvalue weighted by atomic mass is 35.5. The van der Waals surface area contributed by atoms with E-state index in [9.17, 15) is 14.4 Å². The van der Waals surface area contributed by atoms with Gasteiger partial charge in [0.15, 0.2) is 0 Å². The summed E-state index contributed by atoms with van der Waals surface area (Å²) in [6.45, 7) is 10.8. The van der Waals surface area contributed by atoms with Crippen molar-refractivity contribution in [2.45, 2.75) is 33.9 Å². The fourth-order valence-electron chi connectivity index (χ4n) is 4.60. The first-order chi connectivity index (χ1) is 16.8. The summed E-state index contributed by atoms with van der Waals surface area (Å²) in [5, 5.41) is 2.77. The van der Waals surface area contributed by atoms with Crippen LogP contribution in [0.15, 0.2) is 54.6 Å². The summed E-state index contributed by atoms with van der Waals surface area (Å²) in [7, 11) is 0. The Hall–Kier alpha value is -3.00. The number of quaternary nitrogens is 1. The molecule has 0 saturated heterocycles. The first kappa shape index (κ1) is 25.1. The number of amides is 3. The largest absolute Gasteiger partial charge is 0.321 e. The van der Waals surface area contributed by atoms with Crippen LogP contribution in [0, 0.1) is 0 Å². The standard InChI is InChI=1S/C27H28ClN3O3S/c1-4-31(5-2,6-3)17-19-10-7-9-18(15-19)16-30-26(33)20-11-8-12-21(24(20)27(30)34)29-25(32)22-13-14-23(28)35-22/h7-15H,4-6,16-17H2,1-3H3/p+1. The van der Waals surface area contributed by atoms with E-state index in [-0.39, 0.29) is 23.9 Å². The molecule has 35 heavy (non-hydrogen) atoms. The van der Waals surface area contributed by atoms with Crippen molar-refractivity contribution in [3.05, 3.63) is 86.1 Å². The number of carbonyl (C=O) groups excluding carboxylic acids is 3. The number of carbonyl (C=O) groups is 3. The topological polar surface area (TPSA) is 66.5 Å². The SMILES string of the molecule is CC[N+](CC)(CC)Cc1cccc(CN2C(=O)c3cccc(NC(=O)c4ccc(Cl)s4)c3C2=O)c1. The highest BCUT2D eigenvalue weighted by Gasteiger charge is 2.38. The van der Waals surface area contributed by atoms with E-state index in [1.165, 1.54) is 10.5 Å². The van der Waals surface area contributed by atoms with Crippen LogP contribution in [-0.2, 0) is 13.1 Å². The van der Waals surface area contributed by atoms with Gasteiger partial charge < -0.3 is 9.80 Å². The van der Waals surface area contributed by atoms with Crippen molar-refractivity contribution >= 4 is 46.3 Å². The van der Waals surface area contributed by atoms with Gasteiger partial charge in [-0.15, -0.1) is 11.3 Å². The summed E-state index contributed by atoms with van der Waals surface area (Å²) in [6.07, 6.45) is 0. The van der Waals surface area contributed by atoms with Crippen LogP contribution in [0.5, 0.6) is 0 Å². The van der Waals surface area contributed by atoms with E-state index in [1.807, 2.05) is 12.1 Å². The molecule has 6 nitrogen and oxygen atoms in total. The molecule has 1 aliphatic heterocycles. The molecule has 182 valence electrons. The zero-order valence-electron chi connectivity index (χ0n) is 20.1. The monoisotopic (exact) mass is 510 g/mol. The number of hydrogen-bond acceptors (Lipinski definition) is 4. The summed E-state index contributed by atoms with van der Waals surface area (Å²) in [5.41, 5.74) is 2.93. The summed E-state index contributed by atoms with van der Waals surface area (Å²) in [4.78, 5) is 40.8. The lowest BCUT2D eigenvalue weighted by Gasteiger charge is -2.36. The number of hydrogen-bond donors (Lipinski definition) is 1. The normalized spacial score (nSPS) is 13.3. The Kier molecular flexibility index (Phi) is 7.40. The predicted molar refractivity (Wildman–Crippen MR) is 140 cm³/mol. The molecule has 2 heterocycles. The van der Waals surface area contributed by atoms with Crippen molar-refractivity contribution in [3.63, 3.8) is 0 Å². The van der Waals surface area contributed by atoms with Gasteiger partial charge in [-0.1, -0.05) is 35.9 Å². The Morgan fingerprint density at radius 1 is 0.943 bits per heavy atom. The molecular formula is C27H29ClN3O3S+. The molecule has 0 fully saturated rings. The molecule has 0 aliphatic carbocycles. The third-order valence-corrected chi connectivity index (χ3v) is 8.14. The number of nitrogens with zero attached hydrogens (tertiary/aromatic N) is 2. The summed E-state index contributed by atoms with van der Waals surface area (Å²) < 4.78 is 1.48. The van der Waals surface area contributed by atoms with Crippen LogP contribution in [0.2, 0.25) is 4.34 Å². The fourth-order valence-corrected chi connectivity index (χ4v) is 5.54. The maximum absolute atomic E-state index is 13.3. The molecule has 0 radical (unpaired) electrons. The van der Waals surface area contributed by atoms with E-state index >= 15 is 0 Å². The zero-order valence-corrected chi connectivity index (χ0v) is 21.7. The van der Waals surface area contributed by atoms with Gasteiger partial charge >= 0.3 is 0 Å². The van der Waals surface area contributed by atoms with Gasteiger partial charge in [0.05, 0.1) is 52.2 Å². The number of imide groups is 1. The molecule has 3 amide bonds. The smallest absolute Gasteiger partial charge is 0.265 e. The van der Waals surface area contributed by atoms with Crippen LogP contribution in [0.25, 0.3) is 0 Å². The second-order valence-electron chi connectivity index (χ2n) is 8.75. The second kappa shape index (κ2) is 10.3. The Labute approximate surface area is 214 Å². The first-order valence-electron chi connectivity index (χ1n) is 11.8. The van der Waals surface area contributed by atoms with Crippen molar-refractivity contribution in [2.75, 3.05) is 25.0 Å². The van der Waals surface area contributed by atoms with E-state index < -0.39 is 5.91 Å². The third-order valence-electron chi connectivity index (χ3n) is 6.91. The second-order valence-corrected chi connectivity index (χ2v) is 10.5. The molecule has 1 aliphatic rings. The number of thiophene rings is 1. The molecule has 0 saturated carbocycles. The van der Waals surface area contributed by atoms with Crippen LogP contribution in [0.4, 0.5) is 5.69 Å². The number of rotatable bonds is 9. The molecule has 3 aromatic rings. The quantitative estimate of drug-likeness (QED) is 0.291. The molecule has 2 aromatic carbocycles. The third kappa shape index (κ3) is 5.03. The number of benzene rings is 2. The highest BCUT2D eigenvalue weighted by Crippen LogP contribution is 2.32. The molecule has 8 heteroatoms. The summed E-state index contributed by atoms with van der Waals surface area (Å²) in [6, 6.07) is 16.3. The van der Waals surface area contributed by atoms with Gasteiger partial charge in [0.1, 0.15) is 6.54 Å². The van der Waals surface area contributed by atoms with Crippen molar-refractivity contribution in [3.8, 4) is 0 Å². The highest BCUT2D eigenvalue weighted by molar-refractivity contribution is 7.18. The molecule has 1 aromatic heterocycles. The Bertz CT molecular complexity index is 1270. The van der Waals surface area contributed by atoms with Crippen LogP contribution in [0.1, 0.15) is 62.3 Å². The first-order valence-corrected chi connectivity index (χ1v) is 13.0. The molecule has 1 N–H and O–H groups in total. The van der Waals surface area contributed by atoms with Crippen LogP contribution < -0.4 is 5.32 Å². The molecule has 0 unspecified atom stereocenters. The van der Waals surface area contributed by atoms with Crippen LogP contribution in [-0.4, -0.2) is 46.7 Å². The fraction of sp³-hybridized carbons (Fsp3) is 0.296. The molecule has 4 rings (SSSR count). The van der Waals surface area contributed by atoms with Crippen LogP contribution >= 0.6 is 22.9 Å². The average molecular weight is 511 g/mol. The minimum atomic E-state index is -0.406. The number of anilines is 1. The van der Waals surface area contributed by atoms with Crippen molar-refractivity contribution in [1.82, 2.24) is 4.90 Å². The van der Waals surface area contributed by atoms with Gasteiger partial charge in [-0.2, -0.15) is 0 Å². The number of halogens is 1. The lowest BCUT2D eigenvalue weighted by molar-refractivity contribution is -0.936. The van der Waals surface area contributed by atoms with E-state index in [4.69, 9.17) is 11.6 Å². The lowest BCUT2D eigenvalue weighted by atomic mass is 10.1. The van der Waals surface area contributed by atoms with Crippen molar-refractivity contribution in [2.24, 2.45) is 0 Å². The summed E-state index contributed by atoms with van der Waals surface area (Å²) in [5.74, 6) is -1.13. The summed E-state index contributed by atoms with van der Waals surface area (Å²) >= 11 is 7.09. The number of nitrogens with one attached hydrogen (secondary N) is 1. The molecule has 0 bridgehead atoms. The Morgan fingerprint density at radius 3 is 2.29 bits per heavy atom.